The van der Waals surface area contributed by atoms with E-state index < -0.39 is 5.82 Å². The van der Waals surface area contributed by atoms with Crippen LogP contribution in [0.25, 0.3) is 21.9 Å². The van der Waals surface area contributed by atoms with Gasteiger partial charge in [0.25, 0.3) is 0 Å². The van der Waals surface area contributed by atoms with Crippen LogP contribution in [0, 0.1) is 24.6 Å². The van der Waals surface area contributed by atoms with E-state index in [1.54, 1.807) is 24.5 Å². The quantitative estimate of drug-likeness (QED) is 0.335. The van der Waals surface area contributed by atoms with E-state index in [9.17, 15) is 4.79 Å². The maximum Gasteiger partial charge on any atom is 0.229 e. The van der Waals surface area contributed by atoms with E-state index in [4.69, 9.17) is 21.4 Å². The van der Waals surface area contributed by atoms with Gasteiger partial charge in [0.1, 0.15) is 17.9 Å². The predicted molar refractivity (Wildman–Crippen MR) is 140 cm³/mol. The van der Waals surface area contributed by atoms with Gasteiger partial charge in [0.2, 0.25) is 5.91 Å². The van der Waals surface area contributed by atoms with Crippen molar-refractivity contribution < 1.29 is 13.9 Å². The minimum Gasteiger partial charge on any atom is -0.357 e. The summed E-state index contributed by atoms with van der Waals surface area (Å²) in [5.74, 6) is -0.207. The average molecular weight is 520 g/mol. The molecule has 4 atom stereocenters. The molecule has 1 saturated carbocycles. The first-order chi connectivity index (χ1) is 17.9. The zero-order valence-corrected chi connectivity index (χ0v) is 21.4. The molecule has 9 heteroatoms. The molecule has 3 aromatic heterocycles. The largest absolute Gasteiger partial charge is 0.357 e. The van der Waals surface area contributed by atoms with E-state index in [2.05, 4.69) is 22.2 Å². The topological polar surface area (TPSA) is 81.9 Å². The highest BCUT2D eigenvalue weighted by molar-refractivity contribution is 6.36. The molecule has 37 heavy (non-hydrogen) atoms. The van der Waals surface area contributed by atoms with Crippen molar-refractivity contribution in [3.05, 3.63) is 71.2 Å². The number of nitrogens with zero attached hydrogens (tertiary/aromatic N) is 4. The summed E-state index contributed by atoms with van der Waals surface area (Å²) in [5.41, 5.74) is 2.82. The summed E-state index contributed by atoms with van der Waals surface area (Å²) in [5, 5.41) is 8.83. The first-order valence-corrected chi connectivity index (χ1v) is 13.0. The molecule has 0 radical (unpaired) electrons. The van der Waals surface area contributed by atoms with Crippen molar-refractivity contribution in [2.75, 3.05) is 11.9 Å². The monoisotopic (exact) mass is 519 g/mol. The third-order valence-electron chi connectivity index (χ3n) is 7.58. The van der Waals surface area contributed by atoms with Crippen LogP contribution in [0.3, 0.4) is 0 Å². The number of fused-ring (bicyclic) bond motifs is 1. The first-order valence-electron chi connectivity index (χ1n) is 12.6. The van der Waals surface area contributed by atoms with Crippen molar-refractivity contribution in [3.63, 3.8) is 0 Å². The number of pyridine rings is 2. The molecule has 1 aromatic carbocycles. The summed E-state index contributed by atoms with van der Waals surface area (Å²) in [6, 6.07) is 7.26. The van der Waals surface area contributed by atoms with Crippen LogP contribution in [0.5, 0.6) is 0 Å². The van der Waals surface area contributed by atoms with E-state index in [1.165, 1.54) is 6.20 Å². The third kappa shape index (κ3) is 4.38. The summed E-state index contributed by atoms with van der Waals surface area (Å²) in [7, 11) is 0. The van der Waals surface area contributed by atoms with Crippen molar-refractivity contribution in [1.82, 2.24) is 19.7 Å². The Morgan fingerprint density at radius 1 is 1.22 bits per heavy atom. The maximum absolute atomic E-state index is 15.1. The Kier molecular flexibility index (Phi) is 6.16. The van der Waals surface area contributed by atoms with Gasteiger partial charge in [-0.15, -0.1) is 0 Å². The van der Waals surface area contributed by atoms with Gasteiger partial charge in [-0.25, -0.2) is 14.1 Å². The van der Waals surface area contributed by atoms with Gasteiger partial charge >= 0.3 is 0 Å². The molecule has 1 amide bonds. The third-order valence-corrected chi connectivity index (χ3v) is 7.95. The second kappa shape index (κ2) is 9.50. The molecule has 4 heterocycles. The molecule has 4 aromatic rings. The lowest BCUT2D eigenvalue weighted by Gasteiger charge is -2.22. The van der Waals surface area contributed by atoms with Crippen LogP contribution in [0.15, 0.2) is 49.1 Å². The Morgan fingerprint density at radius 3 is 2.86 bits per heavy atom. The molecular weight excluding hydrogens is 493 g/mol. The fraction of sp³-hybridized carbons (Fsp3) is 0.357. The minimum absolute atomic E-state index is 0.00506. The van der Waals surface area contributed by atoms with Crippen molar-refractivity contribution in [3.8, 4) is 11.1 Å². The highest BCUT2D eigenvalue weighted by Gasteiger charge is 2.53. The average Bonchev–Trinajstić information content (AvgIpc) is 3.34. The lowest BCUT2D eigenvalue weighted by molar-refractivity contribution is -0.117. The Hall–Kier alpha value is -3.36. The first kappa shape index (κ1) is 24.0. The number of anilines is 1. The SMILES string of the molecule is Cc1ccncc1-c1cc2cc(NC(=O)C3C(C)C3c3ccn(C4CCCCO4)n3)ncc2c(Cl)c1F. The van der Waals surface area contributed by atoms with E-state index >= 15 is 4.39 Å². The van der Waals surface area contributed by atoms with Crippen LogP contribution in [0.2, 0.25) is 5.02 Å². The Morgan fingerprint density at radius 2 is 2.08 bits per heavy atom. The van der Waals surface area contributed by atoms with Gasteiger partial charge in [0, 0.05) is 53.8 Å². The van der Waals surface area contributed by atoms with E-state index in [1.807, 2.05) is 29.9 Å². The van der Waals surface area contributed by atoms with Crippen LogP contribution >= 0.6 is 11.6 Å². The van der Waals surface area contributed by atoms with Gasteiger partial charge < -0.3 is 10.1 Å². The molecule has 0 bridgehead atoms. The zero-order chi connectivity index (χ0) is 25.7. The summed E-state index contributed by atoms with van der Waals surface area (Å²) in [6.45, 7) is 4.71. The summed E-state index contributed by atoms with van der Waals surface area (Å²) in [4.78, 5) is 21.6. The van der Waals surface area contributed by atoms with E-state index in [0.29, 0.717) is 27.7 Å². The highest BCUT2D eigenvalue weighted by Crippen LogP contribution is 2.53. The number of rotatable bonds is 5. The van der Waals surface area contributed by atoms with Gasteiger partial charge in [-0.2, -0.15) is 5.10 Å². The maximum atomic E-state index is 15.1. The number of carbonyl (C=O) groups excluding carboxylic acids is 1. The van der Waals surface area contributed by atoms with Crippen molar-refractivity contribution in [2.45, 2.75) is 45.3 Å². The normalized spacial score (nSPS) is 23.2. The van der Waals surface area contributed by atoms with Crippen LogP contribution in [-0.4, -0.2) is 32.3 Å². The van der Waals surface area contributed by atoms with Crippen LogP contribution in [0.4, 0.5) is 10.2 Å². The number of hydrogen-bond donors (Lipinski definition) is 1. The fourth-order valence-electron chi connectivity index (χ4n) is 5.39. The van der Waals surface area contributed by atoms with Gasteiger partial charge in [0.05, 0.1) is 16.6 Å². The molecular formula is C28H27ClFN5O2. The smallest absolute Gasteiger partial charge is 0.229 e. The second-order valence-electron chi connectivity index (χ2n) is 9.98. The molecule has 7 nitrogen and oxygen atoms in total. The fourth-order valence-corrected chi connectivity index (χ4v) is 5.65. The Labute approximate surface area is 219 Å². The highest BCUT2D eigenvalue weighted by atomic mass is 35.5. The van der Waals surface area contributed by atoms with Crippen LogP contribution < -0.4 is 5.32 Å². The standard InChI is InChI=1S/C28H27ClFN5O2/c1-15-6-8-31-13-19(15)18-11-17-12-22(32-14-20(17)26(29)27(18)30)33-28(36)25-16(2)24(25)21-7-9-35(34-21)23-5-3-4-10-37-23/h6-9,11-14,16,23-25H,3-5,10H2,1-2H3,(H,32,33,36). The number of aryl methyl sites for hydroxylation is 1. The van der Waals surface area contributed by atoms with Gasteiger partial charge in [-0.1, -0.05) is 18.5 Å². The molecule has 0 spiro atoms. The summed E-state index contributed by atoms with van der Waals surface area (Å²) in [6.07, 6.45) is 9.87. The van der Waals surface area contributed by atoms with Crippen molar-refractivity contribution in [1.29, 1.82) is 0 Å². The Balaban J connectivity index is 1.22. The number of hydrogen-bond acceptors (Lipinski definition) is 5. The van der Waals surface area contributed by atoms with E-state index in [-0.39, 0.29) is 34.9 Å². The lowest BCUT2D eigenvalue weighted by Crippen LogP contribution is -2.19. The number of aromatic nitrogens is 4. The summed E-state index contributed by atoms with van der Waals surface area (Å²) < 4.78 is 22.8. The molecule has 1 aliphatic carbocycles. The lowest BCUT2D eigenvalue weighted by atomic mass is 9.99. The van der Waals surface area contributed by atoms with Gasteiger partial charge in [0.15, 0.2) is 0 Å². The number of carbonyl (C=O) groups is 1. The number of benzene rings is 1. The molecule has 2 aliphatic rings. The van der Waals surface area contributed by atoms with Gasteiger partial charge in [-0.3, -0.25) is 9.78 Å². The van der Waals surface area contributed by atoms with Crippen molar-refractivity contribution in [2.24, 2.45) is 11.8 Å². The van der Waals surface area contributed by atoms with E-state index in [0.717, 1.165) is 37.1 Å². The predicted octanol–water partition coefficient (Wildman–Crippen LogP) is 6.28. The minimum atomic E-state index is -0.517. The number of ether oxygens (including phenoxy) is 1. The molecule has 4 unspecified atom stereocenters. The van der Waals surface area contributed by atoms with Crippen molar-refractivity contribution >= 4 is 34.1 Å². The zero-order valence-electron chi connectivity index (χ0n) is 20.6. The number of amides is 1. The number of nitrogens with one attached hydrogen (secondary N) is 1. The molecule has 1 saturated heterocycles. The molecule has 6 rings (SSSR count). The second-order valence-corrected chi connectivity index (χ2v) is 10.4. The molecule has 1 N–H and O–H groups in total. The van der Waals surface area contributed by atoms with Crippen LogP contribution in [0.1, 0.15) is 49.6 Å². The Bertz CT molecular complexity index is 1500. The number of halogens is 2. The molecule has 190 valence electrons. The summed E-state index contributed by atoms with van der Waals surface area (Å²) >= 11 is 6.38. The van der Waals surface area contributed by atoms with Gasteiger partial charge in [-0.05, 0) is 67.3 Å². The molecule has 1 aliphatic heterocycles. The van der Waals surface area contributed by atoms with Crippen LogP contribution in [-0.2, 0) is 9.53 Å². The molecule has 2 fully saturated rings.